The van der Waals surface area contributed by atoms with Crippen LogP contribution in [0.5, 0.6) is 0 Å². The maximum atomic E-state index is 2.67. The quantitative estimate of drug-likeness (QED) is 0.246. The van der Waals surface area contributed by atoms with Gasteiger partial charge < -0.3 is 4.90 Å². The van der Waals surface area contributed by atoms with Gasteiger partial charge in [0.2, 0.25) is 0 Å². The molecule has 0 amide bonds. The Hall–Kier alpha value is -1.84. The molecule has 0 radical (unpaired) electrons. The summed E-state index contributed by atoms with van der Waals surface area (Å²) < 4.78 is 0. The second-order valence-electron chi connectivity index (χ2n) is 13.6. The highest BCUT2D eigenvalue weighted by Gasteiger charge is 2.54. The number of piperazine rings is 1. The van der Waals surface area contributed by atoms with Gasteiger partial charge >= 0.3 is 0 Å². The summed E-state index contributed by atoms with van der Waals surface area (Å²) in [5.41, 5.74) is 6.56. The molecule has 5 aliphatic rings. The van der Waals surface area contributed by atoms with Gasteiger partial charge in [-0.3, -0.25) is 4.90 Å². The van der Waals surface area contributed by atoms with Crippen molar-refractivity contribution in [2.45, 2.75) is 63.8 Å². The molecule has 41 heavy (non-hydrogen) atoms. The first-order chi connectivity index (χ1) is 19.2. The van der Waals surface area contributed by atoms with Gasteiger partial charge in [0, 0.05) is 38.6 Å². The molecule has 220 valence electrons. The van der Waals surface area contributed by atoms with E-state index in [9.17, 15) is 0 Å². The summed E-state index contributed by atoms with van der Waals surface area (Å²) in [7, 11) is 0. The molecule has 1 unspecified atom stereocenters. The van der Waals surface area contributed by atoms with E-state index in [0.717, 1.165) is 24.3 Å². The second-order valence-corrected chi connectivity index (χ2v) is 13.6. The van der Waals surface area contributed by atoms with Crippen LogP contribution in [0.2, 0.25) is 0 Å². The Morgan fingerprint density at radius 2 is 1.10 bits per heavy atom. The summed E-state index contributed by atoms with van der Waals surface area (Å²) in [6.45, 7) is 7.10. The zero-order chi connectivity index (χ0) is 26.1. The van der Waals surface area contributed by atoms with Gasteiger partial charge in [0.05, 0.1) is 0 Å². The summed E-state index contributed by atoms with van der Waals surface area (Å²) in [4.78, 5) is 5.28. The van der Waals surface area contributed by atoms with Crippen molar-refractivity contribution in [2.75, 3.05) is 32.7 Å². The molecular formula is C37H48Cl2N2. The van der Waals surface area contributed by atoms with Crippen LogP contribution in [0.1, 0.15) is 73.1 Å². The van der Waals surface area contributed by atoms with Crippen LogP contribution in [0.25, 0.3) is 0 Å². The average Bonchev–Trinajstić information content (AvgIpc) is 2.95. The topological polar surface area (TPSA) is 6.48 Å². The predicted octanol–water partition coefficient (Wildman–Crippen LogP) is 8.63. The lowest BCUT2D eigenvalue weighted by Crippen LogP contribution is -2.49. The fourth-order valence-electron chi connectivity index (χ4n) is 9.47. The molecule has 4 heteroatoms. The van der Waals surface area contributed by atoms with Gasteiger partial charge in [0.15, 0.2) is 0 Å². The third-order valence-electron chi connectivity index (χ3n) is 10.8. The lowest BCUT2D eigenvalue weighted by molar-refractivity contribution is -0.0618. The molecule has 2 nitrogen and oxygen atoms in total. The minimum atomic E-state index is 0. The molecule has 4 saturated carbocycles. The predicted molar refractivity (Wildman–Crippen MR) is 176 cm³/mol. The molecule has 0 spiro atoms. The number of halogens is 2. The van der Waals surface area contributed by atoms with E-state index >= 15 is 0 Å². The molecule has 1 atom stereocenters. The number of hydrogen-bond donors (Lipinski definition) is 0. The van der Waals surface area contributed by atoms with Crippen molar-refractivity contribution in [3.63, 3.8) is 0 Å². The zero-order valence-corrected chi connectivity index (χ0v) is 26.1. The Morgan fingerprint density at radius 3 is 1.68 bits per heavy atom. The van der Waals surface area contributed by atoms with Crippen LogP contribution in [-0.2, 0) is 13.0 Å². The molecule has 4 aliphatic carbocycles. The van der Waals surface area contributed by atoms with Crippen LogP contribution in [0.3, 0.4) is 0 Å². The summed E-state index contributed by atoms with van der Waals surface area (Å²) >= 11 is 0. The van der Waals surface area contributed by atoms with Gasteiger partial charge in [0.25, 0.3) is 0 Å². The summed E-state index contributed by atoms with van der Waals surface area (Å²) in [5.74, 6) is 3.53. The summed E-state index contributed by atoms with van der Waals surface area (Å²) in [6.07, 6.45) is 11.4. The molecule has 4 bridgehead atoms. The van der Waals surface area contributed by atoms with Crippen LogP contribution in [0.15, 0.2) is 84.9 Å². The maximum Gasteiger partial charge on any atom is 0.0234 e. The van der Waals surface area contributed by atoms with Crippen LogP contribution in [0, 0.1) is 23.2 Å². The zero-order valence-electron chi connectivity index (χ0n) is 24.5. The number of hydrogen-bond acceptors (Lipinski definition) is 2. The van der Waals surface area contributed by atoms with E-state index in [0.29, 0.717) is 11.3 Å². The van der Waals surface area contributed by atoms with E-state index in [1.807, 2.05) is 0 Å². The fourth-order valence-corrected chi connectivity index (χ4v) is 9.47. The highest BCUT2D eigenvalue weighted by molar-refractivity contribution is 5.85. The van der Waals surface area contributed by atoms with Crippen molar-refractivity contribution in [2.24, 2.45) is 23.2 Å². The molecule has 0 N–H and O–H groups in total. The Bertz CT molecular complexity index is 1170. The molecule has 1 saturated heterocycles. The molecular weight excluding hydrogens is 543 g/mol. The van der Waals surface area contributed by atoms with Gasteiger partial charge in [-0.05, 0) is 103 Å². The van der Waals surface area contributed by atoms with Crippen LogP contribution in [-0.4, -0.2) is 42.5 Å². The lowest BCUT2D eigenvalue weighted by Gasteiger charge is -2.60. The molecule has 3 aromatic carbocycles. The van der Waals surface area contributed by atoms with E-state index in [2.05, 4.69) is 94.7 Å². The summed E-state index contributed by atoms with van der Waals surface area (Å²) in [6, 6.07) is 32.4. The molecule has 1 heterocycles. The molecule has 1 aliphatic heterocycles. The highest BCUT2D eigenvalue weighted by Crippen LogP contribution is 2.65. The fraction of sp³-hybridized carbons (Fsp3) is 0.514. The first-order valence-corrected chi connectivity index (χ1v) is 15.8. The van der Waals surface area contributed by atoms with Gasteiger partial charge in [-0.15, -0.1) is 24.8 Å². The monoisotopic (exact) mass is 590 g/mol. The van der Waals surface area contributed by atoms with Gasteiger partial charge in [-0.25, -0.2) is 0 Å². The number of aryl methyl sites for hydroxylation is 1. The van der Waals surface area contributed by atoms with E-state index in [-0.39, 0.29) is 24.8 Å². The van der Waals surface area contributed by atoms with Crippen LogP contribution < -0.4 is 0 Å². The first-order valence-electron chi connectivity index (χ1n) is 15.8. The van der Waals surface area contributed by atoms with Crippen molar-refractivity contribution < 1.29 is 0 Å². The average molecular weight is 592 g/mol. The largest absolute Gasteiger partial charge is 0.301 e. The van der Waals surface area contributed by atoms with E-state index in [1.165, 1.54) is 95.2 Å². The number of nitrogens with zero attached hydrogens (tertiary/aromatic N) is 2. The first kappa shape index (κ1) is 30.6. The Kier molecular flexibility index (Phi) is 10.2. The summed E-state index contributed by atoms with van der Waals surface area (Å²) in [5, 5.41) is 0. The molecule has 8 rings (SSSR count). The SMILES string of the molecule is Cl.Cl.c1ccc(CN2CCN(CCCc3ccc(C(c4ccccc4)C45CC6CC(CC(C6)C4)C5)cc3)CC2)cc1. The van der Waals surface area contributed by atoms with E-state index in [1.54, 1.807) is 11.1 Å². The minimum absolute atomic E-state index is 0. The number of rotatable bonds is 9. The van der Waals surface area contributed by atoms with Crippen LogP contribution in [0.4, 0.5) is 0 Å². The molecule has 0 aromatic heterocycles. The van der Waals surface area contributed by atoms with Crippen LogP contribution >= 0.6 is 24.8 Å². The minimum Gasteiger partial charge on any atom is -0.301 e. The Balaban J connectivity index is 0.00000169. The van der Waals surface area contributed by atoms with Gasteiger partial charge in [0.1, 0.15) is 0 Å². The lowest BCUT2D eigenvalue weighted by atomic mass is 9.45. The second kappa shape index (κ2) is 13.6. The Labute approximate surface area is 260 Å². The Morgan fingerprint density at radius 1 is 0.585 bits per heavy atom. The number of benzene rings is 3. The highest BCUT2D eigenvalue weighted by atomic mass is 35.5. The van der Waals surface area contributed by atoms with Crippen molar-refractivity contribution in [1.82, 2.24) is 9.80 Å². The molecule has 5 fully saturated rings. The van der Waals surface area contributed by atoms with Crippen molar-refractivity contribution >= 4 is 24.8 Å². The standard InChI is InChI=1S/C37H46N2.2ClH/c1-3-8-30(9-4-1)28-39-20-18-38(19-21-39)17-7-10-29-13-15-35(16-14-29)36(34-11-5-2-6-12-34)37-25-31-22-32(26-37)24-33(23-31)27-37;;/h1-6,8-9,11-16,31-33,36H,7,10,17-28H2;2*1H. The smallest absolute Gasteiger partial charge is 0.0234 e. The van der Waals surface area contributed by atoms with E-state index in [4.69, 9.17) is 0 Å². The molecule has 3 aromatic rings. The van der Waals surface area contributed by atoms with Crippen molar-refractivity contribution in [1.29, 1.82) is 0 Å². The third-order valence-corrected chi connectivity index (χ3v) is 10.8. The van der Waals surface area contributed by atoms with Gasteiger partial charge in [-0.1, -0.05) is 84.9 Å². The van der Waals surface area contributed by atoms with Gasteiger partial charge in [-0.2, -0.15) is 0 Å². The third kappa shape index (κ3) is 6.88. The van der Waals surface area contributed by atoms with E-state index < -0.39 is 0 Å². The van der Waals surface area contributed by atoms with Crippen molar-refractivity contribution in [3.05, 3.63) is 107 Å². The van der Waals surface area contributed by atoms with Crippen molar-refractivity contribution in [3.8, 4) is 0 Å². The normalized spacial score (nSPS) is 28.0. The maximum absolute atomic E-state index is 2.67.